The molecule has 4 rings (SSSR count). The molecule has 0 radical (unpaired) electrons. The van der Waals surface area contributed by atoms with Gasteiger partial charge in [0.05, 0.1) is 25.4 Å². The van der Waals surface area contributed by atoms with Crippen molar-refractivity contribution in [3.05, 3.63) is 59.7 Å². The van der Waals surface area contributed by atoms with E-state index < -0.39 is 23.8 Å². The molecule has 2 aliphatic rings. The average Bonchev–Trinajstić information content (AvgIpc) is 2.99. The van der Waals surface area contributed by atoms with E-state index in [0.717, 1.165) is 17.7 Å². The fourth-order valence-corrected chi connectivity index (χ4v) is 3.90. The molecule has 164 valence electrons. The van der Waals surface area contributed by atoms with Crippen molar-refractivity contribution in [2.45, 2.75) is 6.10 Å². The number of carbonyl (C=O) groups is 1. The Morgan fingerprint density at radius 3 is 2.48 bits per heavy atom. The molecule has 31 heavy (non-hydrogen) atoms. The van der Waals surface area contributed by atoms with Crippen molar-refractivity contribution in [3.63, 3.8) is 0 Å². The summed E-state index contributed by atoms with van der Waals surface area (Å²) in [7, 11) is 0. The summed E-state index contributed by atoms with van der Waals surface area (Å²) in [5.74, 6) is -1.53. The predicted octanol–water partition coefficient (Wildman–Crippen LogP) is 2.68. The number of anilines is 2. The van der Waals surface area contributed by atoms with Gasteiger partial charge in [-0.2, -0.15) is 0 Å². The van der Waals surface area contributed by atoms with Crippen LogP contribution in [0, 0.1) is 11.6 Å². The van der Waals surface area contributed by atoms with E-state index in [1.165, 1.54) is 4.90 Å². The molecule has 0 aromatic heterocycles. The topological polar surface area (TPSA) is 71.3 Å². The standard InChI is InChI=1S/C21H22F2N4O3S/c22-17-10-15(26-13-16(12-24)30-21(26)28)11-18(23)19(17)25-6-7-27(29-9-8-25)20(31)14-4-2-1-3-5-14/h1-5,10-11,16H,6-9,12-13,24H2/t16-/m0/s1. The lowest BCUT2D eigenvalue weighted by Gasteiger charge is -2.25. The lowest BCUT2D eigenvalue weighted by atomic mass is 10.2. The first-order valence-electron chi connectivity index (χ1n) is 9.90. The number of amides is 1. The van der Waals surface area contributed by atoms with Gasteiger partial charge in [0.25, 0.3) is 0 Å². The van der Waals surface area contributed by atoms with E-state index in [-0.39, 0.29) is 37.6 Å². The van der Waals surface area contributed by atoms with Crippen molar-refractivity contribution in [2.24, 2.45) is 5.73 Å². The van der Waals surface area contributed by atoms with Crippen molar-refractivity contribution in [3.8, 4) is 0 Å². The summed E-state index contributed by atoms with van der Waals surface area (Å²) < 4.78 is 34.9. The van der Waals surface area contributed by atoms with E-state index in [4.69, 9.17) is 27.5 Å². The molecule has 2 N–H and O–H groups in total. The zero-order valence-electron chi connectivity index (χ0n) is 16.7. The molecule has 0 aliphatic carbocycles. The molecule has 2 aliphatic heterocycles. The Labute approximate surface area is 183 Å². The molecular formula is C21H22F2N4O3S. The average molecular weight is 448 g/mol. The van der Waals surface area contributed by atoms with E-state index in [1.54, 1.807) is 9.96 Å². The summed E-state index contributed by atoms with van der Waals surface area (Å²) in [6.45, 7) is 1.43. The van der Waals surface area contributed by atoms with Gasteiger partial charge in [0.1, 0.15) is 16.8 Å². The quantitative estimate of drug-likeness (QED) is 0.721. The molecule has 0 saturated carbocycles. The van der Waals surface area contributed by atoms with Crippen LogP contribution in [0.4, 0.5) is 25.0 Å². The minimum atomic E-state index is -0.766. The van der Waals surface area contributed by atoms with E-state index in [2.05, 4.69) is 0 Å². The van der Waals surface area contributed by atoms with Gasteiger partial charge in [0.2, 0.25) is 0 Å². The summed E-state index contributed by atoms with van der Waals surface area (Å²) in [6.07, 6.45) is -1.17. The number of thiocarbonyl (C=S) groups is 1. The van der Waals surface area contributed by atoms with E-state index in [0.29, 0.717) is 18.1 Å². The fourth-order valence-electron chi connectivity index (χ4n) is 3.62. The van der Waals surface area contributed by atoms with Crippen LogP contribution in [0.1, 0.15) is 5.56 Å². The SMILES string of the molecule is NC[C@H]1CN(c2cc(F)c(N3CCON(C(=S)c4ccccc4)CC3)c(F)c2)C(=O)O1. The maximum absolute atomic E-state index is 14.9. The summed E-state index contributed by atoms with van der Waals surface area (Å²) >= 11 is 5.49. The molecule has 2 aromatic rings. The molecule has 0 spiro atoms. The number of rotatable bonds is 4. The Bertz CT molecular complexity index is 955. The van der Waals surface area contributed by atoms with Crippen LogP contribution in [0.25, 0.3) is 0 Å². The normalized spacial score (nSPS) is 19.4. The molecule has 1 amide bonds. The first-order valence-corrected chi connectivity index (χ1v) is 10.3. The highest BCUT2D eigenvalue weighted by atomic mass is 32.1. The van der Waals surface area contributed by atoms with Crippen molar-refractivity contribution in [2.75, 3.05) is 49.1 Å². The Hall–Kier alpha value is -2.82. The number of hydrogen-bond acceptors (Lipinski definition) is 6. The number of carbonyl (C=O) groups excluding carboxylic acids is 1. The molecule has 2 saturated heterocycles. The second-order valence-corrected chi connectivity index (χ2v) is 7.59. The summed E-state index contributed by atoms with van der Waals surface area (Å²) in [5.41, 5.74) is 6.28. The molecule has 0 unspecified atom stereocenters. The zero-order chi connectivity index (χ0) is 22.0. The molecule has 1 atom stereocenters. The largest absolute Gasteiger partial charge is 0.443 e. The van der Waals surface area contributed by atoms with Crippen molar-refractivity contribution in [1.82, 2.24) is 5.06 Å². The number of benzene rings is 2. The lowest BCUT2D eigenvalue weighted by molar-refractivity contribution is -0.0825. The van der Waals surface area contributed by atoms with E-state index >= 15 is 0 Å². The molecule has 2 aromatic carbocycles. The van der Waals surface area contributed by atoms with Crippen LogP contribution >= 0.6 is 12.2 Å². The molecule has 2 heterocycles. The van der Waals surface area contributed by atoms with E-state index in [9.17, 15) is 13.6 Å². The minimum absolute atomic E-state index is 0.0950. The highest BCUT2D eigenvalue weighted by Crippen LogP contribution is 2.31. The number of hydroxylamine groups is 2. The van der Waals surface area contributed by atoms with Crippen molar-refractivity contribution in [1.29, 1.82) is 0 Å². The van der Waals surface area contributed by atoms with Gasteiger partial charge in [-0.15, -0.1) is 0 Å². The molecular weight excluding hydrogens is 426 g/mol. The Kier molecular flexibility index (Phi) is 6.30. The van der Waals surface area contributed by atoms with Crippen molar-refractivity contribution < 1.29 is 23.1 Å². The van der Waals surface area contributed by atoms with Gasteiger partial charge in [-0.3, -0.25) is 9.74 Å². The van der Waals surface area contributed by atoms with Gasteiger partial charge >= 0.3 is 6.09 Å². The third-order valence-corrected chi connectivity index (χ3v) is 5.63. The first-order chi connectivity index (χ1) is 15.0. The van der Waals surface area contributed by atoms with Crippen LogP contribution in [0.5, 0.6) is 0 Å². The third kappa shape index (κ3) is 4.46. The predicted molar refractivity (Wildman–Crippen MR) is 116 cm³/mol. The number of halogens is 2. The number of cyclic esters (lactones) is 1. The lowest BCUT2D eigenvalue weighted by Crippen LogP contribution is -2.34. The molecule has 7 nitrogen and oxygen atoms in total. The second-order valence-electron chi connectivity index (χ2n) is 7.20. The van der Waals surface area contributed by atoms with Crippen LogP contribution in [0.15, 0.2) is 42.5 Å². The monoisotopic (exact) mass is 448 g/mol. The maximum Gasteiger partial charge on any atom is 0.414 e. The maximum atomic E-state index is 14.9. The Morgan fingerprint density at radius 1 is 1.13 bits per heavy atom. The third-order valence-electron chi connectivity index (χ3n) is 5.20. The number of nitrogens with two attached hydrogens (primary N) is 1. The smallest absolute Gasteiger partial charge is 0.414 e. The van der Waals surface area contributed by atoms with Crippen LogP contribution in [0.3, 0.4) is 0 Å². The van der Waals surface area contributed by atoms with Gasteiger partial charge < -0.3 is 15.4 Å². The van der Waals surface area contributed by atoms with Crippen LogP contribution in [0.2, 0.25) is 0 Å². The number of nitrogens with zero attached hydrogens (tertiary/aromatic N) is 3. The molecule has 10 heteroatoms. The van der Waals surface area contributed by atoms with Gasteiger partial charge in [-0.05, 0) is 0 Å². The number of hydrogen-bond donors (Lipinski definition) is 1. The first kappa shape index (κ1) is 21.4. The van der Waals surface area contributed by atoms with Gasteiger partial charge in [0, 0.05) is 37.3 Å². The highest BCUT2D eigenvalue weighted by Gasteiger charge is 2.33. The Morgan fingerprint density at radius 2 is 1.84 bits per heavy atom. The summed E-state index contributed by atoms with van der Waals surface area (Å²) in [6, 6.07) is 11.7. The Balaban J connectivity index is 1.50. The molecule has 2 fully saturated rings. The van der Waals surface area contributed by atoms with Crippen LogP contribution < -0.4 is 15.5 Å². The minimum Gasteiger partial charge on any atom is -0.443 e. The number of ether oxygens (including phenoxy) is 1. The van der Waals surface area contributed by atoms with Crippen LogP contribution in [-0.4, -0.2) is 61.6 Å². The van der Waals surface area contributed by atoms with Crippen LogP contribution in [-0.2, 0) is 9.57 Å². The van der Waals surface area contributed by atoms with Gasteiger partial charge in [0.15, 0.2) is 11.6 Å². The zero-order valence-corrected chi connectivity index (χ0v) is 17.5. The van der Waals surface area contributed by atoms with Crippen molar-refractivity contribution >= 4 is 34.7 Å². The highest BCUT2D eigenvalue weighted by molar-refractivity contribution is 7.80. The second kappa shape index (κ2) is 9.13. The van der Waals surface area contributed by atoms with Gasteiger partial charge in [-0.25, -0.2) is 18.6 Å². The van der Waals surface area contributed by atoms with E-state index in [1.807, 2.05) is 30.3 Å². The van der Waals surface area contributed by atoms with Gasteiger partial charge in [-0.1, -0.05) is 42.5 Å². The summed E-state index contributed by atoms with van der Waals surface area (Å²) in [5, 5.41) is 1.57. The fraction of sp³-hybridized carbons (Fsp3) is 0.333. The summed E-state index contributed by atoms with van der Waals surface area (Å²) in [4.78, 5) is 21.0. The molecule has 0 bridgehead atoms.